The summed E-state index contributed by atoms with van der Waals surface area (Å²) in [6.45, 7) is 15.0. The molecule has 3 heterocycles. The standard InChI is InChI=1S/C29H33N3O3/c1-17-9-8-10-24-31-25(18-13-20(28(2,3)4)26(33)21(14-18)29(5,6)7)27(32(17)24)30-19-11-12-22-23(15-19)35-16-34-22/h8-15,30,33H,16H2,1-7H3. The molecular weight excluding hydrogens is 438 g/mol. The lowest BCUT2D eigenvalue weighted by Crippen LogP contribution is -2.17. The molecule has 6 nitrogen and oxygen atoms in total. The summed E-state index contributed by atoms with van der Waals surface area (Å²) in [5, 5.41) is 14.8. The number of aryl methyl sites for hydroxylation is 1. The molecule has 0 aliphatic carbocycles. The van der Waals surface area contributed by atoms with E-state index in [9.17, 15) is 5.11 Å². The predicted octanol–water partition coefficient (Wildman–Crippen LogP) is 7.08. The molecule has 0 atom stereocenters. The molecule has 0 amide bonds. The minimum absolute atomic E-state index is 0.234. The first-order valence-corrected chi connectivity index (χ1v) is 12.0. The number of aromatic nitrogens is 2. The lowest BCUT2D eigenvalue weighted by Gasteiger charge is -2.28. The number of phenols is 1. The molecule has 0 unspecified atom stereocenters. The van der Waals surface area contributed by atoms with Crippen molar-refractivity contribution in [1.82, 2.24) is 9.38 Å². The number of nitrogens with one attached hydrogen (secondary N) is 1. The molecule has 0 fully saturated rings. The first-order chi connectivity index (χ1) is 16.4. The summed E-state index contributed by atoms with van der Waals surface area (Å²) >= 11 is 0. The number of ether oxygens (including phenoxy) is 2. The number of fused-ring (bicyclic) bond motifs is 2. The van der Waals surface area contributed by atoms with Gasteiger partial charge in [-0.05, 0) is 54.2 Å². The summed E-state index contributed by atoms with van der Waals surface area (Å²) in [6.07, 6.45) is 0. The van der Waals surface area contributed by atoms with Crippen molar-refractivity contribution in [3.8, 4) is 28.5 Å². The second-order valence-electron chi connectivity index (χ2n) is 11.3. The second kappa shape index (κ2) is 7.94. The highest BCUT2D eigenvalue weighted by molar-refractivity contribution is 5.82. The molecule has 0 bridgehead atoms. The quantitative estimate of drug-likeness (QED) is 0.334. The maximum Gasteiger partial charge on any atom is 0.231 e. The van der Waals surface area contributed by atoms with E-state index in [1.807, 2.05) is 30.3 Å². The van der Waals surface area contributed by atoms with Gasteiger partial charge in [0, 0.05) is 34.1 Å². The van der Waals surface area contributed by atoms with Gasteiger partial charge in [-0.15, -0.1) is 0 Å². The Morgan fingerprint density at radius 3 is 2.20 bits per heavy atom. The largest absolute Gasteiger partial charge is 0.507 e. The van der Waals surface area contributed by atoms with Crippen LogP contribution in [-0.2, 0) is 10.8 Å². The average molecular weight is 472 g/mol. The monoisotopic (exact) mass is 471 g/mol. The van der Waals surface area contributed by atoms with E-state index < -0.39 is 0 Å². The van der Waals surface area contributed by atoms with Crippen LogP contribution in [0.4, 0.5) is 11.5 Å². The Morgan fingerprint density at radius 2 is 1.54 bits per heavy atom. The number of pyridine rings is 1. The van der Waals surface area contributed by atoms with E-state index >= 15 is 0 Å². The van der Waals surface area contributed by atoms with E-state index in [1.54, 1.807) is 0 Å². The lowest BCUT2D eigenvalue weighted by atomic mass is 9.78. The number of aromatic hydroxyl groups is 1. The van der Waals surface area contributed by atoms with Crippen LogP contribution in [0.1, 0.15) is 58.4 Å². The van der Waals surface area contributed by atoms with Crippen molar-refractivity contribution in [3.05, 3.63) is 65.4 Å². The zero-order valence-corrected chi connectivity index (χ0v) is 21.5. The van der Waals surface area contributed by atoms with Gasteiger partial charge in [0.25, 0.3) is 0 Å². The molecule has 4 aromatic rings. The van der Waals surface area contributed by atoms with Gasteiger partial charge in [0.15, 0.2) is 11.5 Å². The van der Waals surface area contributed by atoms with E-state index in [-0.39, 0.29) is 17.6 Å². The summed E-state index contributed by atoms with van der Waals surface area (Å²) in [5.74, 6) is 2.69. The first-order valence-electron chi connectivity index (χ1n) is 12.0. The van der Waals surface area contributed by atoms with Crippen LogP contribution in [0.5, 0.6) is 17.2 Å². The molecule has 2 N–H and O–H groups in total. The molecular formula is C29H33N3O3. The maximum absolute atomic E-state index is 11.2. The van der Waals surface area contributed by atoms with Crippen molar-refractivity contribution in [2.24, 2.45) is 0 Å². The molecule has 1 aliphatic rings. The molecule has 0 saturated heterocycles. The van der Waals surface area contributed by atoms with E-state index in [1.165, 1.54) is 0 Å². The van der Waals surface area contributed by atoms with Crippen molar-refractivity contribution >= 4 is 17.2 Å². The summed E-state index contributed by atoms with van der Waals surface area (Å²) in [5.41, 5.74) is 5.93. The second-order valence-corrected chi connectivity index (χ2v) is 11.3. The van der Waals surface area contributed by atoms with E-state index in [0.29, 0.717) is 5.75 Å². The number of phenolic OH excluding ortho intramolecular Hbond substituents is 1. The van der Waals surface area contributed by atoms with Crippen molar-refractivity contribution < 1.29 is 14.6 Å². The van der Waals surface area contributed by atoms with Crippen LogP contribution in [0.3, 0.4) is 0 Å². The number of hydrogen-bond donors (Lipinski definition) is 2. The van der Waals surface area contributed by atoms with Crippen LogP contribution in [0.15, 0.2) is 48.5 Å². The fourth-order valence-electron chi connectivity index (χ4n) is 4.60. The predicted molar refractivity (Wildman–Crippen MR) is 140 cm³/mol. The van der Waals surface area contributed by atoms with Gasteiger partial charge in [0.2, 0.25) is 6.79 Å². The Labute approximate surface area is 206 Å². The molecule has 1 aliphatic heterocycles. The Kier molecular flexibility index (Phi) is 5.24. The van der Waals surface area contributed by atoms with Gasteiger partial charge in [-0.3, -0.25) is 4.40 Å². The van der Waals surface area contributed by atoms with Gasteiger partial charge in [0.05, 0.1) is 0 Å². The van der Waals surface area contributed by atoms with Gasteiger partial charge in [0.1, 0.15) is 22.9 Å². The molecule has 35 heavy (non-hydrogen) atoms. The Bertz CT molecular complexity index is 1400. The SMILES string of the molecule is Cc1cccc2nc(-c3cc(C(C)(C)C)c(O)c(C(C)(C)C)c3)c(Nc3ccc4c(c3)OCO4)n12. The van der Waals surface area contributed by atoms with Crippen LogP contribution in [0.2, 0.25) is 0 Å². The zero-order valence-electron chi connectivity index (χ0n) is 21.5. The van der Waals surface area contributed by atoms with Crippen LogP contribution in [-0.4, -0.2) is 21.3 Å². The summed E-state index contributed by atoms with van der Waals surface area (Å²) in [7, 11) is 0. The number of rotatable bonds is 3. The molecule has 0 radical (unpaired) electrons. The average Bonchev–Trinajstić information content (AvgIpc) is 3.37. The molecule has 2 aromatic carbocycles. The third kappa shape index (κ3) is 4.07. The van der Waals surface area contributed by atoms with Crippen molar-refractivity contribution in [2.45, 2.75) is 59.3 Å². The lowest BCUT2D eigenvalue weighted by molar-refractivity contribution is 0.174. The molecule has 2 aromatic heterocycles. The Morgan fingerprint density at radius 1 is 0.886 bits per heavy atom. The van der Waals surface area contributed by atoms with Crippen LogP contribution >= 0.6 is 0 Å². The van der Waals surface area contributed by atoms with Gasteiger partial charge >= 0.3 is 0 Å². The fourth-order valence-corrected chi connectivity index (χ4v) is 4.60. The molecule has 5 rings (SSSR count). The molecule has 182 valence electrons. The van der Waals surface area contributed by atoms with Gasteiger partial charge in [-0.1, -0.05) is 47.6 Å². The highest BCUT2D eigenvalue weighted by Crippen LogP contribution is 2.44. The van der Waals surface area contributed by atoms with E-state index in [0.717, 1.165) is 56.7 Å². The van der Waals surface area contributed by atoms with Crippen LogP contribution in [0, 0.1) is 6.92 Å². The fraction of sp³-hybridized carbons (Fsp3) is 0.345. The third-order valence-corrected chi connectivity index (χ3v) is 6.47. The van der Waals surface area contributed by atoms with E-state index in [4.69, 9.17) is 14.5 Å². The van der Waals surface area contributed by atoms with E-state index in [2.05, 4.69) is 76.4 Å². The smallest absolute Gasteiger partial charge is 0.231 e. The van der Waals surface area contributed by atoms with Gasteiger partial charge in [-0.2, -0.15) is 0 Å². The third-order valence-electron chi connectivity index (χ3n) is 6.47. The van der Waals surface area contributed by atoms with Gasteiger partial charge < -0.3 is 19.9 Å². The number of benzene rings is 2. The van der Waals surface area contributed by atoms with Crippen LogP contribution in [0.25, 0.3) is 16.9 Å². The molecule has 0 saturated carbocycles. The Hall–Kier alpha value is -3.67. The summed E-state index contributed by atoms with van der Waals surface area (Å²) in [6, 6.07) is 16.1. The normalized spacial score (nSPS) is 13.5. The number of imidazole rings is 1. The topological polar surface area (TPSA) is 68.0 Å². The first kappa shape index (κ1) is 23.1. The minimum Gasteiger partial charge on any atom is -0.507 e. The molecule has 6 heteroatoms. The summed E-state index contributed by atoms with van der Waals surface area (Å²) in [4.78, 5) is 5.05. The van der Waals surface area contributed by atoms with Crippen LogP contribution < -0.4 is 14.8 Å². The van der Waals surface area contributed by atoms with Crippen molar-refractivity contribution in [1.29, 1.82) is 0 Å². The van der Waals surface area contributed by atoms with Crippen molar-refractivity contribution in [2.75, 3.05) is 12.1 Å². The Balaban J connectivity index is 1.75. The number of anilines is 2. The number of nitrogens with zero attached hydrogens (tertiary/aromatic N) is 2. The molecule has 0 spiro atoms. The minimum atomic E-state index is -0.236. The number of hydrogen-bond acceptors (Lipinski definition) is 5. The zero-order chi connectivity index (χ0) is 25.1. The van der Waals surface area contributed by atoms with Gasteiger partial charge in [-0.25, -0.2) is 4.98 Å². The maximum atomic E-state index is 11.2. The highest BCUT2D eigenvalue weighted by Gasteiger charge is 2.28. The highest BCUT2D eigenvalue weighted by atomic mass is 16.7. The van der Waals surface area contributed by atoms with Crippen molar-refractivity contribution in [3.63, 3.8) is 0 Å². The summed E-state index contributed by atoms with van der Waals surface area (Å²) < 4.78 is 13.2.